The van der Waals surface area contributed by atoms with Gasteiger partial charge in [0.25, 0.3) is 5.91 Å². The number of nitrogens with one attached hydrogen (secondary N) is 1. The molecule has 144 valence electrons. The molecule has 1 aliphatic heterocycles. The van der Waals surface area contributed by atoms with Crippen LogP contribution in [0, 0.1) is 11.3 Å². The van der Waals surface area contributed by atoms with Gasteiger partial charge in [-0.15, -0.1) is 0 Å². The highest BCUT2D eigenvalue weighted by Crippen LogP contribution is 2.39. The van der Waals surface area contributed by atoms with Crippen molar-refractivity contribution in [1.29, 1.82) is 0 Å². The first-order chi connectivity index (χ1) is 12.4. The smallest absolute Gasteiger partial charge is 0.253 e. The Kier molecular flexibility index (Phi) is 6.13. The van der Waals surface area contributed by atoms with E-state index in [2.05, 4.69) is 30.1 Å². The van der Waals surface area contributed by atoms with Gasteiger partial charge in [0.05, 0.1) is 18.2 Å². The zero-order valence-electron chi connectivity index (χ0n) is 16.2. The summed E-state index contributed by atoms with van der Waals surface area (Å²) < 4.78 is 5.22. The van der Waals surface area contributed by atoms with Crippen molar-refractivity contribution >= 4 is 17.5 Å². The van der Waals surface area contributed by atoms with Crippen LogP contribution in [0.1, 0.15) is 46.0 Å². The van der Waals surface area contributed by atoms with Crippen LogP contribution in [0.3, 0.4) is 0 Å². The highest BCUT2D eigenvalue weighted by molar-refractivity contribution is 6.32. The van der Waals surface area contributed by atoms with Gasteiger partial charge >= 0.3 is 0 Å². The number of hydrogen-bond acceptors (Lipinski definition) is 3. The molecule has 1 heterocycles. The Balaban J connectivity index is 1.71. The number of halogens is 1. The monoisotopic (exact) mass is 378 g/mol. The molecular formula is C21H31ClN2O2. The van der Waals surface area contributed by atoms with Gasteiger partial charge in [-0.2, -0.15) is 0 Å². The number of nitrogens with zero attached hydrogens (tertiary/aromatic N) is 1. The third-order valence-corrected chi connectivity index (χ3v) is 6.32. The Bertz CT molecular complexity index is 640. The maximum atomic E-state index is 13.0. The van der Waals surface area contributed by atoms with Crippen LogP contribution >= 0.6 is 11.6 Å². The molecule has 5 heteroatoms. The van der Waals surface area contributed by atoms with Crippen molar-refractivity contribution < 1.29 is 9.53 Å². The molecule has 1 fully saturated rings. The van der Waals surface area contributed by atoms with Gasteiger partial charge in [-0.05, 0) is 36.7 Å². The van der Waals surface area contributed by atoms with Crippen LogP contribution in [0.5, 0.6) is 0 Å². The van der Waals surface area contributed by atoms with Crippen molar-refractivity contribution in [2.45, 2.75) is 52.0 Å². The molecule has 3 rings (SSSR count). The average molecular weight is 379 g/mol. The van der Waals surface area contributed by atoms with Crippen LogP contribution in [-0.4, -0.2) is 43.7 Å². The average Bonchev–Trinajstić information content (AvgIpc) is 2.98. The van der Waals surface area contributed by atoms with Crippen molar-refractivity contribution in [3.63, 3.8) is 0 Å². The molecule has 3 aliphatic rings. The zero-order valence-corrected chi connectivity index (χ0v) is 16.9. The quantitative estimate of drug-likeness (QED) is 0.759. The second kappa shape index (κ2) is 8.18. The zero-order chi connectivity index (χ0) is 18.7. The summed E-state index contributed by atoms with van der Waals surface area (Å²) in [5, 5.41) is 3.88. The maximum Gasteiger partial charge on any atom is 0.253 e. The van der Waals surface area contributed by atoms with Gasteiger partial charge < -0.3 is 15.0 Å². The molecule has 0 aromatic heterocycles. The maximum absolute atomic E-state index is 13.0. The van der Waals surface area contributed by atoms with E-state index < -0.39 is 0 Å². The molecule has 2 aliphatic carbocycles. The van der Waals surface area contributed by atoms with Crippen LogP contribution < -0.4 is 5.32 Å². The first-order valence-electron chi connectivity index (χ1n) is 9.75. The number of fused-ring (bicyclic) bond motifs is 1. The minimum atomic E-state index is -0.00202. The molecule has 0 saturated heterocycles. The molecule has 26 heavy (non-hydrogen) atoms. The van der Waals surface area contributed by atoms with Gasteiger partial charge in [0.1, 0.15) is 0 Å². The highest BCUT2D eigenvalue weighted by Gasteiger charge is 2.37. The predicted octanol–water partition coefficient (Wildman–Crippen LogP) is 3.99. The van der Waals surface area contributed by atoms with Gasteiger partial charge in [0.15, 0.2) is 0 Å². The lowest BCUT2D eigenvalue weighted by atomic mass is 9.71. The summed E-state index contributed by atoms with van der Waals surface area (Å²) in [6, 6.07) is 0.147. The van der Waals surface area contributed by atoms with Crippen LogP contribution in [0.4, 0.5) is 0 Å². The Morgan fingerprint density at radius 2 is 2.31 bits per heavy atom. The minimum absolute atomic E-state index is 0.00202. The number of hydrogen-bond donors (Lipinski definition) is 1. The third kappa shape index (κ3) is 4.17. The molecule has 0 aromatic carbocycles. The molecule has 0 bridgehead atoms. The van der Waals surface area contributed by atoms with Gasteiger partial charge in [-0.3, -0.25) is 4.79 Å². The van der Waals surface area contributed by atoms with Crippen molar-refractivity contribution in [1.82, 2.24) is 10.2 Å². The summed E-state index contributed by atoms with van der Waals surface area (Å²) in [6.07, 6.45) is 11.8. The molecule has 0 spiro atoms. The Hall–Kier alpha value is -1.26. The normalized spacial score (nSPS) is 31.1. The molecule has 1 N–H and O–H groups in total. The van der Waals surface area contributed by atoms with Gasteiger partial charge in [-0.1, -0.05) is 44.4 Å². The van der Waals surface area contributed by atoms with E-state index in [9.17, 15) is 4.79 Å². The van der Waals surface area contributed by atoms with E-state index in [-0.39, 0.29) is 17.4 Å². The number of ether oxygens (including phenoxy) is 1. The van der Waals surface area contributed by atoms with E-state index in [1.54, 1.807) is 7.11 Å². The lowest BCUT2D eigenvalue weighted by Gasteiger charge is -2.37. The highest BCUT2D eigenvalue weighted by atomic mass is 35.5. The van der Waals surface area contributed by atoms with E-state index >= 15 is 0 Å². The number of allylic oxidation sites excluding steroid dienone is 2. The Labute approximate surface area is 162 Å². The molecule has 1 saturated carbocycles. The summed E-state index contributed by atoms with van der Waals surface area (Å²) >= 11 is 6.47. The summed E-state index contributed by atoms with van der Waals surface area (Å²) in [6.45, 7) is 6.74. The second-order valence-corrected chi connectivity index (χ2v) is 8.79. The first kappa shape index (κ1) is 19.5. The van der Waals surface area contributed by atoms with Crippen LogP contribution in [0.25, 0.3) is 0 Å². The van der Waals surface area contributed by atoms with E-state index in [0.29, 0.717) is 17.2 Å². The fourth-order valence-corrected chi connectivity index (χ4v) is 4.99. The van der Waals surface area contributed by atoms with Crippen molar-refractivity contribution in [2.24, 2.45) is 11.3 Å². The van der Waals surface area contributed by atoms with Gasteiger partial charge in [0.2, 0.25) is 0 Å². The van der Waals surface area contributed by atoms with Crippen molar-refractivity contribution in [3.05, 3.63) is 34.5 Å². The topological polar surface area (TPSA) is 41.6 Å². The van der Waals surface area contributed by atoms with Crippen LogP contribution in [-0.2, 0) is 9.53 Å². The van der Waals surface area contributed by atoms with E-state index in [0.717, 1.165) is 31.0 Å². The fraction of sp³-hybridized carbons (Fsp3) is 0.667. The number of methoxy groups -OCH3 is 1. The Morgan fingerprint density at radius 1 is 1.50 bits per heavy atom. The molecule has 0 aromatic rings. The SMILES string of the molecule is COCCN1C=C(C(=O)NC[C@]2(C)CCC[C@H](C)C2)C2=C(Cl)C=CCC21. The summed E-state index contributed by atoms with van der Waals surface area (Å²) in [7, 11) is 1.70. The number of amides is 1. The van der Waals surface area contributed by atoms with E-state index in [4.69, 9.17) is 16.3 Å². The van der Waals surface area contributed by atoms with E-state index in [1.807, 2.05) is 12.3 Å². The second-order valence-electron chi connectivity index (χ2n) is 8.38. The summed E-state index contributed by atoms with van der Waals surface area (Å²) in [5.74, 6) is 0.740. The molecule has 4 nitrogen and oxygen atoms in total. The fourth-order valence-electron chi connectivity index (χ4n) is 4.67. The number of carbonyl (C=O) groups excluding carboxylic acids is 1. The lowest BCUT2D eigenvalue weighted by molar-refractivity contribution is -0.117. The first-order valence-corrected chi connectivity index (χ1v) is 10.1. The molecule has 1 unspecified atom stereocenters. The standard InChI is InChI=1S/C21H31ClN2O2/c1-15-6-5-9-21(2,12-15)14-23-20(25)16-13-24(10-11-26-3)18-8-4-7-17(22)19(16)18/h4,7,13,15,18H,5-6,8-12,14H2,1-3H3,(H,23,25)/t15-,18?,21+/m0/s1. The third-order valence-electron chi connectivity index (χ3n) is 5.99. The largest absolute Gasteiger partial charge is 0.383 e. The Morgan fingerprint density at radius 3 is 3.04 bits per heavy atom. The van der Waals surface area contributed by atoms with Gasteiger partial charge in [0, 0.05) is 37.0 Å². The predicted molar refractivity (Wildman–Crippen MR) is 106 cm³/mol. The molecule has 3 atom stereocenters. The van der Waals surface area contributed by atoms with Gasteiger partial charge in [-0.25, -0.2) is 0 Å². The van der Waals surface area contributed by atoms with E-state index in [1.165, 1.54) is 25.7 Å². The van der Waals surface area contributed by atoms with Crippen LogP contribution in [0.15, 0.2) is 34.5 Å². The number of carbonyl (C=O) groups is 1. The number of rotatable bonds is 6. The molecular weight excluding hydrogens is 348 g/mol. The lowest BCUT2D eigenvalue weighted by Crippen LogP contribution is -2.39. The molecule has 0 radical (unpaired) electrons. The summed E-state index contributed by atoms with van der Waals surface area (Å²) in [4.78, 5) is 15.2. The molecule has 1 amide bonds. The van der Waals surface area contributed by atoms with Crippen molar-refractivity contribution in [3.8, 4) is 0 Å². The van der Waals surface area contributed by atoms with Crippen LogP contribution in [0.2, 0.25) is 0 Å². The minimum Gasteiger partial charge on any atom is -0.383 e. The summed E-state index contributed by atoms with van der Waals surface area (Å²) in [5.41, 5.74) is 1.88. The van der Waals surface area contributed by atoms with Crippen molar-refractivity contribution in [2.75, 3.05) is 26.8 Å².